The maximum atomic E-state index is 5.93. The van der Waals surface area contributed by atoms with Crippen molar-refractivity contribution in [3.05, 3.63) is 16.3 Å². The summed E-state index contributed by atoms with van der Waals surface area (Å²) in [5.41, 5.74) is 2.10. The summed E-state index contributed by atoms with van der Waals surface area (Å²) >= 11 is 5.93. The van der Waals surface area contributed by atoms with Gasteiger partial charge >= 0.3 is 0 Å². The van der Waals surface area contributed by atoms with Crippen molar-refractivity contribution in [2.24, 2.45) is 0 Å². The van der Waals surface area contributed by atoms with E-state index in [1.165, 1.54) is 32.4 Å². The SMILES string of the molecule is Cc1c(Cl)nnc(NCCN2CCCCC2)c1C. The van der Waals surface area contributed by atoms with Gasteiger partial charge in [0.1, 0.15) is 0 Å². The third-order valence-electron chi connectivity index (χ3n) is 3.63. The van der Waals surface area contributed by atoms with Crippen molar-refractivity contribution in [3.8, 4) is 0 Å². The van der Waals surface area contributed by atoms with Crippen LogP contribution in [-0.2, 0) is 0 Å². The van der Waals surface area contributed by atoms with Gasteiger partial charge in [-0.15, -0.1) is 10.2 Å². The lowest BCUT2D eigenvalue weighted by molar-refractivity contribution is 0.237. The summed E-state index contributed by atoms with van der Waals surface area (Å²) in [6, 6.07) is 0. The van der Waals surface area contributed by atoms with Crippen LogP contribution in [0, 0.1) is 13.8 Å². The number of hydrogen-bond acceptors (Lipinski definition) is 4. The molecule has 1 N–H and O–H groups in total. The molecule has 1 aromatic heterocycles. The van der Waals surface area contributed by atoms with E-state index in [-0.39, 0.29) is 0 Å². The fourth-order valence-electron chi connectivity index (χ4n) is 2.26. The van der Waals surface area contributed by atoms with Crippen molar-refractivity contribution in [2.75, 3.05) is 31.5 Å². The molecule has 1 aliphatic heterocycles. The highest BCUT2D eigenvalue weighted by molar-refractivity contribution is 6.30. The first-order chi connectivity index (χ1) is 8.68. The topological polar surface area (TPSA) is 41.1 Å². The van der Waals surface area contributed by atoms with Crippen LogP contribution in [0.4, 0.5) is 5.82 Å². The zero-order valence-electron chi connectivity index (χ0n) is 11.2. The van der Waals surface area contributed by atoms with Crippen molar-refractivity contribution >= 4 is 17.4 Å². The van der Waals surface area contributed by atoms with Crippen LogP contribution in [0.2, 0.25) is 5.15 Å². The third-order valence-corrected chi connectivity index (χ3v) is 3.99. The first-order valence-corrected chi connectivity index (χ1v) is 7.02. The Morgan fingerprint density at radius 3 is 2.56 bits per heavy atom. The first-order valence-electron chi connectivity index (χ1n) is 6.64. The molecule has 5 heteroatoms. The fraction of sp³-hybridized carbons (Fsp3) is 0.692. The van der Waals surface area contributed by atoms with Gasteiger partial charge < -0.3 is 10.2 Å². The molecule has 0 bridgehead atoms. The zero-order chi connectivity index (χ0) is 13.0. The monoisotopic (exact) mass is 268 g/mol. The van der Waals surface area contributed by atoms with Crippen LogP contribution in [0.5, 0.6) is 0 Å². The largest absolute Gasteiger partial charge is 0.367 e. The molecule has 1 fully saturated rings. The Morgan fingerprint density at radius 2 is 1.83 bits per heavy atom. The number of rotatable bonds is 4. The number of nitrogens with zero attached hydrogens (tertiary/aromatic N) is 3. The van der Waals surface area contributed by atoms with E-state index in [9.17, 15) is 0 Å². The molecule has 1 saturated heterocycles. The lowest BCUT2D eigenvalue weighted by atomic mass is 10.1. The predicted molar refractivity (Wildman–Crippen MR) is 75.3 cm³/mol. The molecule has 0 aromatic carbocycles. The zero-order valence-corrected chi connectivity index (χ0v) is 11.9. The number of nitrogens with one attached hydrogen (secondary N) is 1. The maximum Gasteiger partial charge on any atom is 0.155 e. The molecule has 0 spiro atoms. The third kappa shape index (κ3) is 3.33. The molecule has 4 nitrogen and oxygen atoms in total. The lowest BCUT2D eigenvalue weighted by Gasteiger charge is -2.26. The van der Waals surface area contributed by atoms with Gasteiger partial charge in [0.2, 0.25) is 0 Å². The number of aromatic nitrogens is 2. The Morgan fingerprint density at radius 1 is 1.11 bits per heavy atom. The molecular weight excluding hydrogens is 248 g/mol. The van der Waals surface area contributed by atoms with Crippen LogP contribution in [0.15, 0.2) is 0 Å². The fourth-order valence-corrected chi connectivity index (χ4v) is 2.44. The number of piperidine rings is 1. The minimum Gasteiger partial charge on any atom is -0.367 e. The van der Waals surface area contributed by atoms with Crippen LogP contribution in [-0.4, -0.2) is 41.3 Å². The molecule has 0 amide bonds. The van der Waals surface area contributed by atoms with Crippen LogP contribution in [0.1, 0.15) is 30.4 Å². The molecule has 0 radical (unpaired) electrons. The number of likely N-dealkylation sites (tertiary alicyclic amines) is 1. The Labute approximate surface area is 114 Å². The highest BCUT2D eigenvalue weighted by Crippen LogP contribution is 2.20. The molecule has 1 aliphatic rings. The van der Waals surface area contributed by atoms with Gasteiger partial charge in [0.05, 0.1) is 0 Å². The summed E-state index contributed by atoms with van der Waals surface area (Å²) in [6.07, 6.45) is 4.04. The van der Waals surface area contributed by atoms with Crippen molar-refractivity contribution in [1.29, 1.82) is 0 Å². The summed E-state index contributed by atoms with van der Waals surface area (Å²) in [4.78, 5) is 2.50. The van der Waals surface area contributed by atoms with E-state index in [1.807, 2.05) is 13.8 Å². The van der Waals surface area contributed by atoms with E-state index >= 15 is 0 Å². The van der Waals surface area contributed by atoms with Gasteiger partial charge in [0, 0.05) is 13.1 Å². The summed E-state index contributed by atoms with van der Waals surface area (Å²) in [5.74, 6) is 0.855. The maximum absolute atomic E-state index is 5.93. The summed E-state index contributed by atoms with van der Waals surface area (Å²) in [5, 5.41) is 11.9. The smallest absolute Gasteiger partial charge is 0.155 e. The Bertz CT molecular complexity index is 402. The second kappa shape index (κ2) is 6.34. The molecule has 2 rings (SSSR count). The summed E-state index contributed by atoms with van der Waals surface area (Å²) < 4.78 is 0. The van der Waals surface area contributed by atoms with Crippen molar-refractivity contribution in [2.45, 2.75) is 33.1 Å². The Kier molecular flexibility index (Phi) is 4.78. The standard InChI is InChI=1S/C13H21ClN4/c1-10-11(2)13(17-16-12(10)14)15-6-9-18-7-4-3-5-8-18/h3-9H2,1-2H3,(H,15,17). The quantitative estimate of drug-likeness (QED) is 0.912. The van der Waals surface area contributed by atoms with Gasteiger partial charge in [-0.3, -0.25) is 0 Å². The molecule has 2 heterocycles. The van der Waals surface area contributed by atoms with Crippen LogP contribution >= 0.6 is 11.6 Å². The highest BCUT2D eigenvalue weighted by Gasteiger charge is 2.11. The van der Waals surface area contributed by atoms with Crippen molar-refractivity contribution in [3.63, 3.8) is 0 Å². The Balaban J connectivity index is 1.84. The number of halogens is 1. The highest BCUT2D eigenvalue weighted by atomic mass is 35.5. The van der Waals surface area contributed by atoms with E-state index in [0.717, 1.165) is 30.0 Å². The van der Waals surface area contributed by atoms with Crippen LogP contribution in [0.25, 0.3) is 0 Å². The molecule has 0 aliphatic carbocycles. The minimum absolute atomic E-state index is 0.495. The van der Waals surface area contributed by atoms with E-state index < -0.39 is 0 Å². The van der Waals surface area contributed by atoms with Crippen molar-refractivity contribution < 1.29 is 0 Å². The van der Waals surface area contributed by atoms with E-state index in [1.54, 1.807) is 0 Å². The molecule has 0 atom stereocenters. The van der Waals surface area contributed by atoms with Gasteiger partial charge in [0.25, 0.3) is 0 Å². The average Bonchev–Trinajstić information content (AvgIpc) is 2.40. The molecule has 100 valence electrons. The predicted octanol–water partition coefficient (Wildman–Crippen LogP) is 2.64. The van der Waals surface area contributed by atoms with Gasteiger partial charge in [-0.1, -0.05) is 18.0 Å². The number of anilines is 1. The van der Waals surface area contributed by atoms with Gasteiger partial charge in [-0.05, 0) is 50.9 Å². The van der Waals surface area contributed by atoms with E-state index in [0.29, 0.717) is 5.15 Å². The van der Waals surface area contributed by atoms with Crippen molar-refractivity contribution in [1.82, 2.24) is 15.1 Å². The molecular formula is C13H21ClN4. The lowest BCUT2D eigenvalue weighted by Crippen LogP contribution is -2.33. The summed E-state index contributed by atoms with van der Waals surface area (Å²) in [6.45, 7) is 8.44. The van der Waals surface area contributed by atoms with Crippen LogP contribution in [0.3, 0.4) is 0 Å². The second-order valence-corrected chi connectivity index (χ2v) is 5.28. The van der Waals surface area contributed by atoms with E-state index in [4.69, 9.17) is 11.6 Å². The van der Waals surface area contributed by atoms with Gasteiger partial charge in [-0.25, -0.2) is 0 Å². The van der Waals surface area contributed by atoms with Gasteiger partial charge in [-0.2, -0.15) is 0 Å². The van der Waals surface area contributed by atoms with Gasteiger partial charge in [0.15, 0.2) is 11.0 Å². The number of hydrogen-bond donors (Lipinski definition) is 1. The average molecular weight is 269 g/mol. The molecule has 0 unspecified atom stereocenters. The minimum atomic E-state index is 0.495. The molecule has 1 aromatic rings. The first kappa shape index (κ1) is 13.6. The Hall–Kier alpha value is -0.870. The normalized spacial score (nSPS) is 16.8. The summed E-state index contributed by atoms with van der Waals surface area (Å²) in [7, 11) is 0. The molecule has 18 heavy (non-hydrogen) atoms. The molecule has 0 saturated carbocycles. The second-order valence-electron chi connectivity index (χ2n) is 4.92. The van der Waals surface area contributed by atoms with E-state index in [2.05, 4.69) is 20.4 Å². The van der Waals surface area contributed by atoms with Crippen LogP contribution < -0.4 is 5.32 Å².